The molecule has 0 spiro atoms. The van der Waals surface area contributed by atoms with Crippen molar-refractivity contribution in [1.29, 1.82) is 5.26 Å². The summed E-state index contributed by atoms with van der Waals surface area (Å²) in [4.78, 5) is 41.1. The van der Waals surface area contributed by atoms with E-state index in [1.165, 1.54) is 13.2 Å². The van der Waals surface area contributed by atoms with Crippen LogP contribution in [0.25, 0.3) is 10.9 Å². The number of rotatable bonds is 9. The van der Waals surface area contributed by atoms with Gasteiger partial charge in [-0.1, -0.05) is 24.4 Å². The van der Waals surface area contributed by atoms with E-state index in [2.05, 4.69) is 27.0 Å². The van der Waals surface area contributed by atoms with Gasteiger partial charge in [0.2, 0.25) is 11.8 Å². The first-order chi connectivity index (χ1) is 17.0. The third-order valence-corrected chi connectivity index (χ3v) is 6.97. The lowest BCUT2D eigenvalue weighted by molar-refractivity contribution is -0.125. The second-order valence-electron chi connectivity index (χ2n) is 10.3. The molecule has 2 unspecified atom stereocenters. The van der Waals surface area contributed by atoms with E-state index in [0.717, 1.165) is 18.9 Å². The van der Waals surface area contributed by atoms with Gasteiger partial charge in [-0.25, -0.2) is 4.39 Å². The molecular weight excluding hydrogens is 489 g/mol. The first kappa shape index (κ1) is 25.8. The molecular formula is C25H29ClFN5O4. The molecule has 0 radical (unpaired) electrons. The van der Waals surface area contributed by atoms with Gasteiger partial charge < -0.3 is 25.7 Å². The summed E-state index contributed by atoms with van der Waals surface area (Å²) in [6, 6.07) is 2.80. The van der Waals surface area contributed by atoms with Crippen molar-refractivity contribution in [3.63, 3.8) is 0 Å². The molecule has 4 N–H and O–H groups in total. The molecule has 11 heteroatoms. The number of amides is 3. The van der Waals surface area contributed by atoms with E-state index in [1.54, 1.807) is 0 Å². The molecule has 3 amide bonds. The first-order valence-corrected chi connectivity index (χ1v) is 12.3. The number of H-pyrrole nitrogens is 1. The van der Waals surface area contributed by atoms with Crippen molar-refractivity contribution in [3.05, 3.63) is 28.7 Å². The van der Waals surface area contributed by atoms with Crippen molar-refractivity contribution >= 4 is 40.2 Å². The van der Waals surface area contributed by atoms with Gasteiger partial charge in [-0.15, -0.1) is 0 Å². The van der Waals surface area contributed by atoms with Crippen LogP contribution in [0.1, 0.15) is 56.4 Å². The highest BCUT2D eigenvalue weighted by molar-refractivity contribution is 6.33. The number of hydrogen-bond donors (Lipinski definition) is 4. The Labute approximate surface area is 213 Å². The number of aromatic nitrogens is 1. The van der Waals surface area contributed by atoms with Crippen LogP contribution in [0.2, 0.25) is 5.02 Å². The molecule has 192 valence electrons. The zero-order valence-corrected chi connectivity index (χ0v) is 21.1. The Hall–Kier alpha value is -3.32. The molecule has 1 aliphatic heterocycles. The quantitative estimate of drug-likeness (QED) is 0.405. The van der Waals surface area contributed by atoms with E-state index in [4.69, 9.17) is 16.3 Å². The molecule has 2 aliphatic rings. The number of nitriles is 1. The van der Waals surface area contributed by atoms with E-state index in [9.17, 15) is 24.0 Å². The summed E-state index contributed by atoms with van der Waals surface area (Å²) >= 11 is 6.05. The molecule has 2 fully saturated rings. The predicted octanol–water partition coefficient (Wildman–Crippen LogP) is 3.18. The monoisotopic (exact) mass is 517 g/mol. The van der Waals surface area contributed by atoms with Crippen molar-refractivity contribution in [3.8, 4) is 11.8 Å². The average Bonchev–Trinajstić information content (AvgIpc) is 3.43. The Kier molecular flexibility index (Phi) is 7.14. The van der Waals surface area contributed by atoms with Crippen molar-refractivity contribution in [2.75, 3.05) is 7.11 Å². The SMILES string of the molecule is COc1c(Cl)cc(F)c2[nH]c(C(=O)NC(CC3CC3)C(=O)N[C@H](C#N)CC3CC(C)(C)NC3=O)cc12. The van der Waals surface area contributed by atoms with Gasteiger partial charge in [0, 0.05) is 16.8 Å². The maximum Gasteiger partial charge on any atom is 0.268 e. The molecule has 1 aromatic carbocycles. The minimum Gasteiger partial charge on any atom is -0.494 e. The summed E-state index contributed by atoms with van der Waals surface area (Å²) in [6.07, 6.45) is 3.06. The molecule has 1 saturated carbocycles. The van der Waals surface area contributed by atoms with Crippen LogP contribution in [0.15, 0.2) is 12.1 Å². The Morgan fingerprint density at radius 2 is 2.03 bits per heavy atom. The summed E-state index contributed by atoms with van der Waals surface area (Å²) in [5.41, 5.74) is -0.258. The zero-order chi connectivity index (χ0) is 26.2. The van der Waals surface area contributed by atoms with Crippen molar-refractivity contribution in [2.45, 2.75) is 63.6 Å². The fraction of sp³-hybridized carbons (Fsp3) is 0.520. The van der Waals surface area contributed by atoms with E-state index >= 15 is 0 Å². The minimum atomic E-state index is -0.892. The smallest absolute Gasteiger partial charge is 0.268 e. The molecule has 2 heterocycles. The second kappa shape index (κ2) is 9.97. The number of aromatic amines is 1. The lowest BCUT2D eigenvalue weighted by Crippen LogP contribution is -2.50. The molecule has 4 rings (SSSR count). The Balaban J connectivity index is 1.48. The summed E-state index contributed by atoms with van der Waals surface area (Å²) in [6.45, 7) is 3.82. The molecule has 1 saturated heterocycles. The zero-order valence-electron chi connectivity index (χ0n) is 20.3. The maximum atomic E-state index is 14.4. The number of halogens is 2. The van der Waals surface area contributed by atoms with Crippen LogP contribution in [0.3, 0.4) is 0 Å². The van der Waals surface area contributed by atoms with Gasteiger partial charge in [0.1, 0.15) is 29.3 Å². The molecule has 3 atom stereocenters. The molecule has 1 aromatic heterocycles. The third kappa shape index (κ3) is 5.57. The van der Waals surface area contributed by atoms with Gasteiger partial charge >= 0.3 is 0 Å². The predicted molar refractivity (Wildman–Crippen MR) is 131 cm³/mol. The van der Waals surface area contributed by atoms with Crippen LogP contribution in [0.5, 0.6) is 5.75 Å². The maximum absolute atomic E-state index is 14.4. The van der Waals surface area contributed by atoms with Crippen LogP contribution < -0.4 is 20.7 Å². The Morgan fingerprint density at radius 3 is 2.61 bits per heavy atom. The highest BCUT2D eigenvalue weighted by atomic mass is 35.5. The number of benzene rings is 1. The molecule has 2 aromatic rings. The molecule has 9 nitrogen and oxygen atoms in total. The third-order valence-electron chi connectivity index (χ3n) is 6.69. The number of fused-ring (bicyclic) bond motifs is 1. The average molecular weight is 518 g/mol. The number of nitrogens with one attached hydrogen (secondary N) is 4. The lowest BCUT2D eigenvalue weighted by Gasteiger charge is -2.21. The first-order valence-electron chi connectivity index (χ1n) is 11.9. The van der Waals surface area contributed by atoms with Crippen molar-refractivity contribution < 1.29 is 23.5 Å². The molecule has 1 aliphatic carbocycles. The number of carbonyl (C=O) groups excluding carboxylic acids is 3. The normalized spacial score (nSPS) is 20.3. The van der Waals surface area contributed by atoms with E-state index in [0.29, 0.717) is 24.1 Å². The van der Waals surface area contributed by atoms with Gasteiger partial charge in [0.25, 0.3) is 5.91 Å². The van der Waals surface area contributed by atoms with E-state index < -0.39 is 29.7 Å². The summed E-state index contributed by atoms with van der Waals surface area (Å²) < 4.78 is 19.7. The highest BCUT2D eigenvalue weighted by Crippen LogP contribution is 2.36. The lowest BCUT2D eigenvalue weighted by atomic mass is 9.92. The second-order valence-corrected chi connectivity index (χ2v) is 10.7. The van der Waals surface area contributed by atoms with Gasteiger partial charge in [0.05, 0.1) is 23.7 Å². The van der Waals surface area contributed by atoms with Crippen molar-refractivity contribution in [1.82, 2.24) is 20.9 Å². The van der Waals surface area contributed by atoms with Gasteiger partial charge in [0.15, 0.2) is 0 Å². The topological polar surface area (TPSA) is 136 Å². The summed E-state index contributed by atoms with van der Waals surface area (Å²) in [5.74, 6) is -1.74. The van der Waals surface area contributed by atoms with Gasteiger partial charge in [-0.2, -0.15) is 5.26 Å². The number of nitrogens with zero attached hydrogens (tertiary/aromatic N) is 1. The number of ether oxygens (including phenoxy) is 1. The van der Waals surface area contributed by atoms with Crippen LogP contribution >= 0.6 is 11.6 Å². The number of hydrogen-bond acceptors (Lipinski definition) is 5. The van der Waals surface area contributed by atoms with Crippen LogP contribution in [-0.2, 0) is 9.59 Å². The van der Waals surface area contributed by atoms with Gasteiger partial charge in [-0.3, -0.25) is 14.4 Å². The number of methoxy groups -OCH3 is 1. The summed E-state index contributed by atoms with van der Waals surface area (Å²) in [5, 5.41) is 18.3. The van der Waals surface area contributed by atoms with Crippen LogP contribution in [0.4, 0.5) is 4.39 Å². The minimum absolute atomic E-state index is 0.0414. The van der Waals surface area contributed by atoms with Crippen LogP contribution in [0, 0.1) is 29.0 Å². The highest BCUT2D eigenvalue weighted by Gasteiger charge is 2.39. The van der Waals surface area contributed by atoms with E-state index in [1.807, 2.05) is 13.8 Å². The fourth-order valence-corrected chi connectivity index (χ4v) is 5.04. The van der Waals surface area contributed by atoms with Crippen molar-refractivity contribution in [2.24, 2.45) is 11.8 Å². The number of carbonyl (C=O) groups is 3. The Bertz CT molecular complexity index is 1250. The van der Waals surface area contributed by atoms with Crippen LogP contribution in [-0.4, -0.2) is 47.4 Å². The standard InChI is InChI=1S/C25H29ClFN5O4/c1-25(2)10-13(22(33)32-25)7-14(11-28)29-23(34)18(6-12-4-5-12)31-24(35)19-8-15-20(30-19)17(27)9-16(26)21(15)36-3/h8-9,12-14,18,30H,4-7,10H2,1-3H3,(H,29,34)(H,31,35)(H,32,33)/t13?,14-,18?/m0/s1. The van der Waals surface area contributed by atoms with E-state index in [-0.39, 0.29) is 45.8 Å². The molecule has 36 heavy (non-hydrogen) atoms. The largest absolute Gasteiger partial charge is 0.494 e. The fourth-order valence-electron chi connectivity index (χ4n) is 4.77. The Morgan fingerprint density at radius 1 is 1.31 bits per heavy atom. The molecule has 0 bridgehead atoms. The summed E-state index contributed by atoms with van der Waals surface area (Å²) in [7, 11) is 1.39. The van der Waals surface area contributed by atoms with Gasteiger partial charge in [-0.05, 0) is 51.2 Å².